The van der Waals surface area contributed by atoms with Crippen LogP contribution in [0.5, 0.6) is 0 Å². The van der Waals surface area contributed by atoms with Crippen molar-refractivity contribution in [1.29, 1.82) is 0 Å². The summed E-state index contributed by atoms with van der Waals surface area (Å²) >= 11 is 0. The molecule has 0 saturated carbocycles. The second-order valence-electron chi connectivity index (χ2n) is 3.73. The van der Waals surface area contributed by atoms with Gasteiger partial charge in [0, 0.05) is 18.9 Å². The fraction of sp³-hybridized carbons (Fsp3) is 0.154. The number of nitrogens with one attached hydrogen (secondary N) is 1. The van der Waals surface area contributed by atoms with E-state index in [4.69, 9.17) is 14.3 Å². The van der Waals surface area contributed by atoms with Crippen LogP contribution in [0.3, 0.4) is 0 Å². The molecule has 0 fully saturated rings. The number of methoxy groups -OCH3 is 1. The maximum Gasteiger partial charge on any atom is 0.371 e. The van der Waals surface area contributed by atoms with Gasteiger partial charge in [0.1, 0.15) is 0 Å². The molecule has 1 aromatic carbocycles. The molecule has 1 aromatic heterocycles. The Balaban J connectivity index is 2.12. The molecule has 0 radical (unpaired) electrons. The number of carboxylic acid groups (broad SMARTS) is 1. The first-order valence-electron chi connectivity index (χ1n) is 5.37. The van der Waals surface area contributed by atoms with Crippen molar-refractivity contribution in [2.24, 2.45) is 0 Å². The van der Waals surface area contributed by atoms with Crippen LogP contribution in [-0.2, 0) is 11.3 Å². The summed E-state index contributed by atoms with van der Waals surface area (Å²) in [6, 6.07) is 10.6. The lowest BCUT2D eigenvalue weighted by Crippen LogP contribution is -1.93. The van der Waals surface area contributed by atoms with E-state index in [2.05, 4.69) is 5.32 Å². The van der Waals surface area contributed by atoms with Gasteiger partial charge in [-0.3, -0.25) is 0 Å². The van der Waals surface area contributed by atoms with Crippen LogP contribution in [0.4, 0.5) is 11.6 Å². The summed E-state index contributed by atoms with van der Waals surface area (Å²) in [5, 5.41) is 11.7. The Hall–Kier alpha value is -2.27. The smallest absolute Gasteiger partial charge is 0.371 e. The van der Waals surface area contributed by atoms with Crippen molar-refractivity contribution < 1.29 is 19.1 Å². The van der Waals surface area contributed by atoms with Gasteiger partial charge in [0.05, 0.1) is 6.61 Å². The molecule has 2 aromatic rings. The largest absolute Gasteiger partial charge is 0.475 e. The second kappa shape index (κ2) is 5.37. The zero-order valence-corrected chi connectivity index (χ0v) is 9.84. The molecular formula is C13H13NO4. The Labute approximate surface area is 104 Å². The number of benzene rings is 1. The minimum Gasteiger partial charge on any atom is -0.475 e. The van der Waals surface area contributed by atoms with E-state index in [0.717, 1.165) is 11.3 Å². The van der Waals surface area contributed by atoms with E-state index in [0.29, 0.717) is 12.5 Å². The van der Waals surface area contributed by atoms with Crippen molar-refractivity contribution in [2.45, 2.75) is 6.61 Å². The Kier molecular flexibility index (Phi) is 3.64. The van der Waals surface area contributed by atoms with Gasteiger partial charge in [-0.05, 0) is 23.8 Å². The monoisotopic (exact) mass is 247 g/mol. The van der Waals surface area contributed by atoms with E-state index in [1.165, 1.54) is 6.07 Å². The molecule has 94 valence electrons. The van der Waals surface area contributed by atoms with Crippen molar-refractivity contribution in [3.63, 3.8) is 0 Å². The van der Waals surface area contributed by atoms with Gasteiger partial charge in [0.15, 0.2) is 5.88 Å². The molecule has 0 bridgehead atoms. The van der Waals surface area contributed by atoms with Gasteiger partial charge in [-0.2, -0.15) is 0 Å². The number of rotatable bonds is 5. The van der Waals surface area contributed by atoms with Gasteiger partial charge in [-0.1, -0.05) is 12.1 Å². The number of furan rings is 1. The molecule has 0 saturated heterocycles. The molecule has 5 nitrogen and oxygen atoms in total. The van der Waals surface area contributed by atoms with Crippen LogP contribution in [0.1, 0.15) is 16.1 Å². The van der Waals surface area contributed by atoms with E-state index in [9.17, 15) is 4.79 Å². The van der Waals surface area contributed by atoms with Crippen molar-refractivity contribution >= 4 is 17.5 Å². The summed E-state index contributed by atoms with van der Waals surface area (Å²) < 4.78 is 10.1. The molecule has 5 heteroatoms. The molecule has 0 aliphatic carbocycles. The minimum atomic E-state index is -1.09. The highest BCUT2D eigenvalue weighted by Gasteiger charge is 2.08. The summed E-state index contributed by atoms with van der Waals surface area (Å²) in [5.74, 6) is -0.788. The zero-order chi connectivity index (χ0) is 13.0. The van der Waals surface area contributed by atoms with E-state index in [-0.39, 0.29) is 5.76 Å². The van der Waals surface area contributed by atoms with Gasteiger partial charge >= 0.3 is 5.97 Å². The molecule has 0 spiro atoms. The van der Waals surface area contributed by atoms with Crippen LogP contribution in [-0.4, -0.2) is 18.2 Å². The van der Waals surface area contributed by atoms with E-state index < -0.39 is 5.97 Å². The summed E-state index contributed by atoms with van der Waals surface area (Å²) in [4.78, 5) is 10.7. The lowest BCUT2D eigenvalue weighted by atomic mass is 10.2. The molecule has 0 amide bonds. The normalized spacial score (nSPS) is 10.3. The molecule has 1 heterocycles. The molecule has 0 aliphatic rings. The zero-order valence-electron chi connectivity index (χ0n) is 9.84. The number of aromatic carboxylic acids is 1. The highest BCUT2D eigenvalue weighted by Crippen LogP contribution is 2.20. The molecule has 0 unspecified atom stereocenters. The van der Waals surface area contributed by atoms with Crippen LogP contribution in [0.15, 0.2) is 40.8 Å². The molecule has 2 rings (SSSR count). The van der Waals surface area contributed by atoms with Crippen molar-refractivity contribution in [3.05, 3.63) is 47.7 Å². The summed E-state index contributed by atoms with van der Waals surface area (Å²) in [6.45, 7) is 0.522. The fourth-order valence-electron chi connectivity index (χ4n) is 1.57. The van der Waals surface area contributed by atoms with Gasteiger partial charge in [0.25, 0.3) is 0 Å². The first kappa shape index (κ1) is 12.2. The predicted molar refractivity (Wildman–Crippen MR) is 66.1 cm³/mol. The quantitative estimate of drug-likeness (QED) is 0.850. The lowest BCUT2D eigenvalue weighted by molar-refractivity contribution is 0.0663. The Morgan fingerprint density at radius 1 is 1.39 bits per heavy atom. The standard InChI is InChI=1S/C13H13NO4/c1-17-8-9-3-2-4-10(7-9)14-12-6-5-11(18-12)13(15)16/h2-7,14H,8H2,1H3,(H,15,16). The summed E-state index contributed by atoms with van der Waals surface area (Å²) in [5.41, 5.74) is 1.84. The van der Waals surface area contributed by atoms with Crippen LogP contribution in [0.2, 0.25) is 0 Å². The maximum atomic E-state index is 10.7. The van der Waals surface area contributed by atoms with E-state index in [1.54, 1.807) is 13.2 Å². The maximum absolute atomic E-state index is 10.7. The number of carbonyl (C=O) groups is 1. The van der Waals surface area contributed by atoms with E-state index in [1.807, 2.05) is 24.3 Å². The summed E-state index contributed by atoms with van der Waals surface area (Å²) in [6.07, 6.45) is 0. The number of hydrogen-bond acceptors (Lipinski definition) is 4. The minimum absolute atomic E-state index is 0.0921. The Morgan fingerprint density at radius 2 is 2.22 bits per heavy atom. The van der Waals surface area contributed by atoms with Crippen molar-refractivity contribution in [3.8, 4) is 0 Å². The van der Waals surface area contributed by atoms with E-state index >= 15 is 0 Å². The van der Waals surface area contributed by atoms with Gasteiger partial charge in [-0.15, -0.1) is 0 Å². The Bertz CT molecular complexity index is 547. The molecule has 0 atom stereocenters. The molecular weight excluding hydrogens is 234 g/mol. The fourth-order valence-corrected chi connectivity index (χ4v) is 1.57. The van der Waals surface area contributed by atoms with Crippen LogP contribution < -0.4 is 5.32 Å². The number of ether oxygens (including phenoxy) is 1. The number of hydrogen-bond donors (Lipinski definition) is 2. The molecule has 18 heavy (non-hydrogen) atoms. The Morgan fingerprint density at radius 3 is 2.89 bits per heavy atom. The van der Waals surface area contributed by atoms with Crippen molar-refractivity contribution in [1.82, 2.24) is 0 Å². The number of carboxylic acids is 1. The third-order valence-electron chi connectivity index (χ3n) is 2.32. The second-order valence-corrected chi connectivity index (χ2v) is 3.73. The van der Waals surface area contributed by atoms with Gasteiger partial charge in [-0.25, -0.2) is 4.79 Å². The SMILES string of the molecule is COCc1cccc(Nc2ccc(C(=O)O)o2)c1. The predicted octanol–water partition coefficient (Wildman–Crippen LogP) is 2.87. The number of anilines is 2. The first-order chi connectivity index (χ1) is 8.69. The van der Waals surface area contributed by atoms with Crippen LogP contribution in [0, 0.1) is 0 Å². The lowest BCUT2D eigenvalue weighted by Gasteiger charge is -2.05. The average Bonchev–Trinajstić information content (AvgIpc) is 2.78. The third kappa shape index (κ3) is 2.89. The van der Waals surface area contributed by atoms with Gasteiger partial charge < -0.3 is 19.6 Å². The average molecular weight is 247 g/mol. The highest BCUT2D eigenvalue weighted by molar-refractivity contribution is 5.85. The van der Waals surface area contributed by atoms with Crippen molar-refractivity contribution in [2.75, 3.05) is 12.4 Å². The summed E-state index contributed by atoms with van der Waals surface area (Å²) in [7, 11) is 1.63. The highest BCUT2D eigenvalue weighted by atomic mass is 16.5. The molecule has 0 aliphatic heterocycles. The first-order valence-corrected chi connectivity index (χ1v) is 5.37. The van der Waals surface area contributed by atoms with Crippen LogP contribution in [0.25, 0.3) is 0 Å². The molecule has 2 N–H and O–H groups in total. The topological polar surface area (TPSA) is 71.7 Å². The third-order valence-corrected chi connectivity index (χ3v) is 2.32. The van der Waals surface area contributed by atoms with Gasteiger partial charge in [0.2, 0.25) is 5.76 Å². The van der Waals surface area contributed by atoms with Crippen LogP contribution >= 0.6 is 0 Å².